The van der Waals surface area contributed by atoms with E-state index in [0.717, 1.165) is 77.6 Å². The van der Waals surface area contributed by atoms with Crippen LogP contribution in [0.3, 0.4) is 0 Å². The molecular weight excluding hydrogens is 777 g/mol. The average molecular weight is 836 g/mol. The number of nitrogens with one attached hydrogen (secondary N) is 2. The normalized spacial score (nSPS) is 20.0. The first-order valence-corrected chi connectivity index (χ1v) is 22.4. The van der Waals surface area contributed by atoms with Gasteiger partial charge in [-0.2, -0.15) is 4.48 Å². The second-order valence-electron chi connectivity index (χ2n) is 16.6. The number of aromatic amines is 1. The van der Waals surface area contributed by atoms with E-state index in [9.17, 15) is 14.4 Å². The Labute approximate surface area is 364 Å². The molecule has 6 aromatic rings. The van der Waals surface area contributed by atoms with E-state index < -0.39 is 6.04 Å². The predicted octanol–water partition coefficient (Wildman–Crippen LogP) is 9.77. The molecule has 0 saturated carbocycles. The summed E-state index contributed by atoms with van der Waals surface area (Å²) in [7, 11) is 0. The number of rotatable bonds is 14. The van der Waals surface area contributed by atoms with Crippen LogP contribution in [0.15, 0.2) is 114 Å². The molecule has 0 radical (unpaired) electrons. The van der Waals surface area contributed by atoms with Crippen LogP contribution in [0.4, 0.5) is 10.5 Å². The molecule has 4 heterocycles. The number of hydrogen-bond acceptors (Lipinski definition) is 8. The highest BCUT2D eigenvalue weighted by atomic mass is 16.4. The Morgan fingerprint density at radius 3 is 2.03 bits per heavy atom. The molecule has 12 nitrogen and oxygen atoms in total. The second-order valence-corrected chi connectivity index (χ2v) is 16.6. The van der Waals surface area contributed by atoms with E-state index in [4.69, 9.17) is 4.42 Å². The van der Waals surface area contributed by atoms with Gasteiger partial charge >= 0.3 is 11.9 Å². The average Bonchev–Trinajstić information content (AvgIpc) is 4.14. The number of anilines is 1. The van der Waals surface area contributed by atoms with E-state index in [2.05, 4.69) is 64.1 Å². The Morgan fingerprint density at radius 2 is 1.40 bits per heavy atom. The fourth-order valence-corrected chi connectivity index (χ4v) is 9.80. The molecule has 322 valence electrons. The smallest absolute Gasteiger partial charge is 0.418 e. The number of likely N-dealkylation sites (tertiary alicyclic amines) is 2. The molecule has 1 unspecified atom stereocenters. The summed E-state index contributed by atoms with van der Waals surface area (Å²) in [6, 6.07) is 34.1. The first kappa shape index (κ1) is 42.7. The van der Waals surface area contributed by atoms with Crippen molar-refractivity contribution in [2.45, 2.75) is 84.5 Å². The van der Waals surface area contributed by atoms with E-state index in [1.54, 1.807) is 0 Å². The van der Waals surface area contributed by atoms with Gasteiger partial charge in [-0.3, -0.25) is 19.9 Å². The molecule has 4 aromatic carbocycles. The number of likely N-dealkylation sites (N-methyl/N-ethyl adjacent to an activating group) is 2. The van der Waals surface area contributed by atoms with Gasteiger partial charge in [0.1, 0.15) is 18.1 Å². The van der Waals surface area contributed by atoms with Crippen LogP contribution in [-0.4, -0.2) is 97.5 Å². The molecule has 5 atom stereocenters. The van der Waals surface area contributed by atoms with Crippen molar-refractivity contribution >= 4 is 34.4 Å². The van der Waals surface area contributed by atoms with Crippen LogP contribution in [0.2, 0.25) is 0 Å². The minimum atomic E-state index is -0.523. The van der Waals surface area contributed by atoms with Gasteiger partial charge in [-0.05, 0) is 99.0 Å². The molecule has 12 heteroatoms. The van der Waals surface area contributed by atoms with Crippen LogP contribution in [-0.2, 0) is 9.59 Å². The van der Waals surface area contributed by atoms with Crippen molar-refractivity contribution in [3.05, 3.63) is 126 Å². The molecule has 2 N–H and O–H groups in total. The van der Waals surface area contributed by atoms with Gasteiger partial charge in [0.2, 0.25) is 17.7 Å². The third kappa shape index (κ3) is 8.10. The molecule has 2 fully saturated rings. The van der Waals surface area contributed by atoms with Gasteiger partial charge in [0, 0.05) is 47.2 Å². The minimum Gasteiger partial charge on any atom is -0.418 e. The van der Waals surface area contributed by atoms with Crippen molar-refractivity contribution in [2.75, 3.05) is 44.6 Å². The van der Waals surface area contributed by atoms with Crippen LogP contribution in [0, 0.1) is 0 Å². The summed E-state index contributed by atoms with van der Waals surface area (Å²) in [6.45, 7) is 14.4. The van der Waals surface area contributed by atoms with Crippen molar-refractivity contribution < 1.29 is 23.3 Å². The van der Waals surface area contributed by atoms with Gasteiger partial charge in [-0.15, -0.1) is 10.2 Å². The van der Waals surface area contributed by atoms with Crippen LogP contribution in [0.25, 0.3) is 33.6 Å². The summed E-state index contributed by atoms with van der Waals surface area (Å²) in [5, 5.41) is 13.0. The Kier molecular flexibility index (Phi) is 12.8. The Morgan fingerprint density at radius 1 is 0.774 bits per heavy atom. The summed E-state index contributed by atoms with van der Waals surface area (Å²) in [4.78, 5) is 53.3. The zero-order valence-corrected chi connectivity index (χ0v) is 36.6. The number of benzene rings is 4. The number of aromatic nitrogens is 3. The number of carbonyl (C=O) groups excluding carboxylic acids is 3. The SMILES string of the molecule is CCN(CC)[C@@H](C(=O)N1CCC[C@H]1c1nnc(-c2ccc(-c3cc4cc(NC(=O)[N+]5(C(=O)[C@@H](c6ccccc6)N(CC)CC)CCC[C@H]5C)ccc4[nH]3)cc2)o1)c1ccccc1. The molecule has 4 amide bonds. The van der Waals surface area contributed by atoms with Crippen LogP contribution in [0.5, 0.6) is 0 Å². The molecule has 8 rings (SSSR count). The fourth-order valence-electron chi connectivity index (χ4n) is 9.80. The maximum Gasteiger partial charge on any atom is 0.428 e. The highest BCUT2D eigenvalue weighted by Gasteiger charge is 2.56. The number of imide groups is 1. The van der Waals surface area contributed by atoms with Gasteiger partial charge in [-0.1, -0.05) is 100 Å². The summed E-state index contributed by atoms with van der Waals surface area (Å²) in [5.74, 6) is 0.843. The Balaban J connectivity index is 0.981. The lowest BCUT2D eigenvalue weighted by Crippen LogP contribution is -2.63. The monoisotopic (exact) mass is 835 g/mol. The minimum absolute atomic E-state index is 0.0591. The van der Waals surface area contributed by atoms with Crippen molar-refractivity contribution in [3.8, 4) is 22.7 Å². The highest BCUT2D eigenvalue weighted by molar-refractivity contribution is 5.97. The van der Waals surface area contributed by atoms with Crippen LogP contribution in [0.1, 0.15) is 95.4 Å². The number of urea groups is 1. The number of H-pyrrole nitrogens is 1. The lowest BCUT2D eigenvalue weighted by atomic mass is 10.0. The Bertz CT molecular complexity index is 2480. The highest BCUT2D eigenvalue weighted by Crippen LogP contribution is 2.38. The number of carbonyl (C=O) groups is 3. The number of fused-ring (bicyclic) bond motifs is 1. The van der Waals surface area contributed by atoms with E-state index in [0.29, 0.717) is 43.6 Å². The van der Waals surface area contributed by atoms with Crippen molar-refractivity contribution in [1.29, 1.82) is 0 Å². The van der Waals surface area contributed by atoms with Gasteiger partial charge in [0.15, 0.2) is 6.04 Å². The van der Waals surface area contributed by atoms with Crippen molar-refractivity contribution in [3.63, 3.8) is 0 Å². The second kappa shape index (κ2) is 18.6. The first-order valence-electron chi connectivity index (χ1n) is 22.4. The molecule has 0 bridgehead atoms. The summed E-state index contributed by atoms with van der Waals surface area (Å²) < 4.78 is 6.06. The zero-order chi connectivity index (χ0) is 43.4. The molecule has 0 aliphatic carbocycles. The van der Waals surface area contributed by atoms with E-state index in [-0.39, 0.29) is 40.5 Å². The van der Waals surface area contributed by atoms with Crippen molar-refractivity contribution in [2.24, 2.45) is 0 Å². The third-order valence-electron chi connectivity index (χ3n) is 13.3. The fraction of sp³-hybridized carbons (Fsp3) is 0.380. The number of nitrogens with zero attached hydrogens (tertiary/aromatic N) is 6. The van der Waals surface area contributed by atoms with Gasteiger partial charge in [0.05, 0.1) is 6.54 Å². The molecule has 0 spiro atoms. The molecule has 2 aliphatic rings. The predicted molar refractivity (Wildman–Crippen MR) is 243 cm³/mol. The molecular formula is C50H59N8O4+. The van der Waals surface area contributed by atoms with Crippen LogP contribution >= 0.6 is 0 Å². The molecule has 2 aromatic heterocycles. The molecule has 62 heavy (non-hydrogen) atoms. The topological polar surface area (TPSA) is 128 Å². The summed E-state index contributed by atoms with van der Waals surface area (Å²) >= 11 is 0. The largest absolute Gasteiger partial charge is 0.428 e. The maximum absolute atomic E-state index is 14.8. The van der Waals surface area contributed by atoms with Crippen LogP contribution < -0.4 is 5.32 Å². The van der Waals surface area contributed by atoms with Gasteiger partial charge < -0.3 is 14.3 Å². The van der Waals surface area contributed by atoms with E-state index in [1.165, 1.54) is 0 Å². The van der Waals surface area contributed by atoms with Gasteiger partial charge in [-0.25, -0.2) is 9.59 Å². The summed E-state index contributed by atoms with van der Waals surface area (Å²) in [5.41, 5.74) is 6.14. The van der Waals surface area contributed by atoms with Crippen molar-refractivity contribution in [1.82, 2.24) is 29.9 Å². The number of quaternary nitrogens is 1. The quantitative estimate of drug-likeness (QED) is 0.104. The molecule has 2 aliphatic heterocycles. The lowest BCUT2D eigenvalue weighted by molar-refractivity contribution is -0.783. The maximum atomic E-state index is 14.8. The first-order chi connectivity index (χ1) is 30.2. The van der Waals surface area contributed by atoms with E-state index in [1.807, 2.05) is 115 Å². The lowest BCUT2D eigenvalue weighted by Gasteiger charge is -2.38. The third-order valence-corrected chi connectivity index (χ3v) is 13.3. The van der Waals surface area contributed by atoms with E-state index >= 15 is 0 Å². The zero-order valence-electron chi connectivity index (χ0n) is 36.6. The number of hydrogen-bond donors (Lipinski definition) is 2. The summed E-state index contributed by atoms with van der Waals surface area (Å²) in [6.07, 6.45) is 3.24. The number of amides is 4. The van der Waals surface area contributed by atoms with Gasteiger partial charge in [0.25, 0.3) is 0 Å². The standard InChI is InChI=1S/C50H58N8O4/c1-6-55(7-2)44(36-19-12-10-13-20-36)48(59)57-30-16-23-43(57)47-54-53-46(62-47)38-26-24-35(25-27-38)42-33-39-32-40(28-29-41(39)52-42)51-50(61)58(31-17-18-34(58)5)49(60)45(56(8-3)9-4)37-21-14-11-15-22-37/h10-15,19-22,24-29,32-34,43-45H,6-9,16-18,23,30-31H2,1-5H3,(H-,51,52,53,61)/p+1/t34-,43+,44-,45-,58?/m1/s1. The molecule has 2 saturated heterocycles. The Hall–Kier alpha value is -5.95.